The second kappa shape index (κ2) is 6.34. The predicted octanol–water partition coefficient (Wildman–Crippen LogP) is 7.29. The molecule has 0 aliphatic heterocycles. The van der Waals surface area contributed by atoms with Crippen LogP contribution in [0, 0.1) is 57.7 Å². The molecule has 0 aromatic heterocycles. The van der Waals surface area contributed by atoms with Crippen LogP contribution < -0.4 is 0 Å². The summed E-state index contributed by atoms with van der Waals surface area (Å²) in [7, 11) is 0. The van der Waals surface area contributed by atoms with E-state index in [-0.39, 0.29) is 0 Å². The van der Waals surface area contributed by atoms with E-state index in [2.05, 4.69) is 34.6 Å². The molecule has 0 bridgehead atoms. The SMILES string of the molecule is CC(C)CCCC(C)C1CCC2C3CCC45CCC(=O)C4C5(C)C3CCC12C. The first-order valence-electron chi connectivity index (χ1n) is 12.8. The van der Waals surface area contributed by atoms with Crippen LogP contribution in [0.15, 0.2) is 0 Å². The molecule has 5 rings (SSSR count). The van der Waals surface area contributed by atoms with Crippen molar-refractivity contribution >= 4 is 5.78 Å². The number of ketones is 1. The third-order valence-corrected chi connectivity index (χ3v) is 11.6. The van der Waals surface area contributed by atoms with Crippen molar-refractivity contribution in [2.24, 2.45) is 57.7 Å². The first-order valence-corrected chi connectivity index (χ1v) is 12.8. The average molecular weight is 385 g/mol. The number of carbonyl (C=O) groups excluding carboxylic acids is 1. The zero-order chi connectivity index (χ0) is 19.9. The van der Waals surface area contributed by atoms with Gasteiger partial charge in [0, 0.05) is 12.3 Å². The van der Waals surface area contributed by atoms with E-state index < -0.39 is 0 Å². The lowest BCUT2D eigenvalue weighted by Gasteiger charge is -2.55. The van der Waals surface area contributed by atoms with Crippen molar-refractivity contribution in [3.05, 3.63) is 0 Å². The van der Waals surface area contributed by atoms with Gasteiger partial charge in [-0.05, 0) is 96.7 Å². The maximum absolute atomic E-state index is 12.6. The van der Waals surface area contributed by atoms with Crippen molar-refractivity contribution in [2.45, 2.75) is 105 Å². The van der Waals surface area contributed by atoms with Gasteiger partial charge in [0.05, 0.1) is 0 Å². The Bertz CT molecular complexity index is 651. The second-order valence-corrected chi connectivity index (χ2v) is 12.8. The summed E-state index contributed by atoms with van der Waals surface area (Å²) in [5.74, 6) is 6.56. The fourth-order valence-electron chi connectivity index (χ4n) is 10.3. The summed E-state index contributed by atoms with van der Waals surface area (Å²) in [5, 5.41) is 0. The Morgan fingerprint density at radius 2 is 1.71 bits per heavy atom. The average Bonchev–Trinajstić information content (AvgIpc) is 2.87. The monoisotopic (exact) mass is 384 g/mol. The van der Waals surface area contributed by atoms with Crippen molar-refractivity contribution < 1.29 is 4.79 Å². The van der Waals surface area contributed by atoms with Crippen molar-refractivity contribution in [2.75, 3.05) is 0 Å². The number of fused-ring (bicyclic) bond motifs is 5. The summed E-state index contributed by atoms with van der Waals surface area (Å²) >= 11 is 0. The van der Waals surface area contributed by atoms with Crippen LogP contribution >= 0.6 is 0 Å². The molecule has 28 heavy (non-hydrogen) atoms. The van der Waals surface area contributed by atoms with Gasteiger partial charge in [-0.15, -0.1) is 0 Å². The summed E-state index contributed by atoms with van der Waals surface area (Å²) < 4.78 is 0. The van der Waals surface area contributed by atoms with Crippen molar-refractivity contribution in [3.8, 4) is 0 Å². The first kappa shape index (κ1) is 19.6. The minimum Gasteiger partial charge on any atom is -0.299 e. The van der Waals surface area contributed by atoms with Gasteiger partial charge in [0.2, 0.25) is 0 Å². The molecule has 0 amide bonds. The van der Waals surface area contributed by atoms with Crippen LogP contribution in [0.4, 0.5) is 0 Å². The molecule has 158 valence electrons. The molecule has 0 aromatic carbocycles. The highest BCUT2D eigenvalue weighted by Gasteiger charge is 2.82. The molecule has 5 saturated carbocycles. The van der Waals surface area contributed by atoms with E-state index in [1.807, 2.05) is 0 Å². The van der Waals surface area contributed by atoms with E-state index in [1.165, 1.54) is 64.2 Å². The zero-order valence-electron chi connectivity index (χ0n) is 19.2. The quantitative estimate of drug-likeness (QED) is 0.486. The second-order valence-electron chi connectivity index (χ2n) is 12.8. The fraction of sp³-hybridized carbons (Fsp3) is 0.963. The summed E-state index contributed by atoms with van der Waals surface area (Å²) in [6, 6.07) is 0. The Balaban J connectivity index is 1.32. The first-order chi connectivity index (χ1) is 13.3. The molecule has 5 aliphatic rings. The molecule has 0 saturated heterocycles. The molecular formula is C27H44O. The Labute approximate surface area is 173 Å². The van der Waals surface area contributed by atoms with Crippen LogP contribution in [0.25, 0.3) is 0 Å². The fourth-order valence-corrected chi connectivity index (χ4v) is 10.3. The van der Waals surface area contributed by atoms with Gasteiger partial charge >= 0.3 is 0 Å². The molecule has 1 spiro atoms. The molecular weight excluding hydrogens is 340 g/mol. The van der Waals surface area contributed by atoms with Gasteiger partial charge in [-0.25, -0.2) is 0 Å². The van der Waals surface area contributed by atoms with Crippen molar-refractivity contribution in [1.82, 2.24) is 0 Å². The van der Waals surface area contributed by atoms with Gasteiger partial charge in [0.15, 0.2) is 0 Å². The van der Waals surface area contributed by atoms with Crippen LogP contribution in [0.5, 0.6) is 0 Å². The highest BCUT2D eigenvalue weighted by Crippen LogP contribution is 2.85. The van der Waals surface area contributed by atoms with Crippen LogP contribution in [0.2, 0.25) is 0 Å². The van der Waals surface area contributed by atoms with E-state index in [0.29, 0.717) is 27.9 Å². The lowest BCUT2D eigenvalue weighted by atomic mass is 9.50. The third-order valence-electron chi connectivity index (χ3n) is 11.6. The Kier molecular flexibility index (Phi) is 4.44. The lowest BCUT2D eigenvalue weighted by Crippen LogP contribution is -2.48. The summed E-state index contributed by atoms with van der Waals surface area (Å²) in [6.07, 6.45) is 15.1. The van der Waals surface area contributed by atoms with Crippen LogP contribution in [0.3, 0.4) is 0 Å². The predicted molar refractivity (Wildman–Crippen MR) is 116 cm³/mol. The third kappa shape index (κ3) is 2.34. The molecule has 0 N–H and O–H groups in total. The maximum Gasteiger partial charge on any atom is 0.137 e. The number of carbonyl (C=O) groups is 1. The molecule has 9 atom stereocenters. The number of rotatable bonds is 5. The highest BCUT2D eigenvalue weighted by atomic mass is 16.1. The van der Waals surface area contributed by atoms with Crippen LogP contribution in [-0.4, -0.2) is 5.78 Å². The van der Waals surface area contributed by atoms with Gasteiger partial charge in [0.25, 0.3) is 0 Å². The van der Waals surface area contributed by atoms with Gasteiger partial charge in [-0.1, -0.05) is 53.9 Å². The summed E-state index contributed by atoms with van der Waals surface area (Å²) in [6.45, 7) is 12.6. The van der Waals surface area contributed by atoms with Gasteiger partial charge in [-0.2, -0.15) is 0 Å². The minimum absolute atomic E-state index is 0.396. The summed E-state index contributed by atoms with van der Waals surface area (Å²) in [5.41, 5.74) is 1.45. The lowest BCUT2D eigenvalue weighted by molar-refractivity contribution is -0.121. The van der Waals surface area contributed by atoms with E-state index in [0.717, 1.165) is 41.9 Å². The summed E-state index contributed by atoms with van der Waals surface area (Å²) in [4.78, 5) is 12.6. The Morgan fingerprint density at radius 1 is 0.929 bits per heavy atom. The van der Waals surface area contributed by atoms with E-state index in [1.54, 1.807) is 0 Å². The number of hydrogen-bond acceptors (Lipinski definition) is 1. The van der Waals surface area contributed by atoms with E-state index in [4.69, 9.17) is 0 Å². The molecule has 1 heteroatoms. The molecule has 0 aromatic rings. The molecule has 9 unspecified atom stereocenters. The van der Waals surface area contributed by atoms with E-state index >= 15 is 0 Å². The van der Waals surface area contributed by atoms with Crippen LogP contribution in [0.1, 0.15) is 105 Å². The highest BCUT2D eigenvalue weighted by molar-refractivity contribution is 5.90. The molecule has 5 aliphatic carbocycles. The smallest absolute Gasteiger partial charge is 0.137 e. The zero-order valence-corrected chi connectivity index (χ0v) is 19.2. The Morgan fingerprint density at radius 3 is 2.46 bits per heavy atom. The number of Topliss-reactive ketones (excluding diaryl/α,β-unsaturated/α-hetero) is 1. The maximum atomic E-state index is 12.6. The topological polar surface area (TPSA) is 17.1 Å². The van der Waals surface area contributed by atoms with Crippen molar-refractivity contribution in [1.29, 1.82) is 0 Å². The van der Waals surface area contributed by atoms with Gasteiger partial charge in [-0.3, -0.25) is 4.79 Å². The molecule has 1 nitrogen and oxygen atoms in total. The Hall–Kier alpha value is -0.330. The van der Waals surface area contributed by atoms with E-state index in [9.17, 15) is 4.79 Å². The van der Waals surface area contributed by atoms with Gasteiger partial charge in [0.1, 0.15) is 5.78 Å². The van der Waals surface area contributed by atoms with Crippen molar-refractivity contribution in [3.63, 3.8) is 0 Å². The minimum atomic E-state index is 0.396. The standard InChI is InChI=1S/C27H44O/c1-17(2)7-6-8-18(3)20-9-10-21-19-11-15-27-16-13-23(28)24(27)26(27,5)22(19)12-14-25(20,21)4/h17-22,24H,6-16H2,1-5H3. The van der Waals surface area contributed by atoms with Crippen LogP contribution in [-0.2, 0) is 4.79 Å². The molecule has 5 fully saturated rings. The van der Waals surface area contributed by atoms with Gasteiger partial charge < -0.3 is 0 Å². The molecule has 0 heterocycles. The normalized spacial score (nSPS) is 52.8. The largest absolute Gasteiger partial charge is 0.299 e. The number of hydrogen-bond donors (Lipinski definition) is 0. The molecule has 0 radical (unpaired) electrons.